The average Bonchev–Trinajstić information content (AvgIpc) is 3.52. The molecular weight excluding hydrogens is 541 g/mol. The Morgan fingerprint density at radius 3 is 2.31 bits per heavy atom. The third-order valence-corrected chi connectivity index (χ3v) is 6.47. The van der Waals surface area contributed by atoms with E-state index in [1.165, 1.54) is 11.1 Å². The van der Waals surface area contributed by atoms with Crippen molar-refractivity contribution >= 4 is 42.3 Å². The van der Waals surface area contributed by atoms with Gasteiger partial charge in [0.25, 0.3) is 5.91 Å². The number of anilines is 1. The van der Waals surface area contributed by atoms with Crippen molar-refractivity contribution in [3.8, 4) is 11.4 Å². The van der Waals surface area contributed by atoms with E-state index in [0.717, 1.165) is 23.4 Å². The molecule has 2 aromatic carbocycles. The molecule has 3 aromatic rings. The third kappa shape index (κ3) is 8.15. The summed E-state index contributed by atoms with van der Waals surface area (Å²) < 4.78 is 5.11. The highest BCUT2D eigenvalue weighted by molar-refractivity contribution is 5.87. The van der Waals surface area contributed by atoms with Gasteiger partial charge < -0.3 is 20.1 Å². The standard InChI is InChI=1S/C27H35N7O3.2ClH/c1-5-28-12-13-29-25(35)17-33(24-11-10-21(14-19(24)2)27-30-20(3)37-31-27)18-26(36)32(4)34-15-22-8-6-7-9-23(22)16-34;;/h6-11,14,28H,5,12-13,15-18H2,1-4H3,(H,29,35);2*1H. The monoisotopic (exact) mass is 577 g/mol. The molecular formula is C27H37Cl2N7O3. The van der Waals surface area contributed by atoms with E-state index < -0.39 is 0 Å². The van der Waals surface area contributed by atoms with E-state index in [2.05, 4.69) is 32.9 Å². The Bertz CT molecular complexity index is 1230. The van der Waals surface area contributed by atoms with E-state index in [1.807, 2.05) is 54.1 Å². The number of likely N-dealkylation sites (N-methyl/N-ethyl adjacent to an activating group) is 2. The van der Waals surface area contributed by atoms with Crippen molar-refractivity contribution in [1.82, 2.24) is 30.8 Å². The summed E-state index contributed by atoms with van der Waals surface area (Å²) in [5.74, 6) is 0.763. The van der Waals surface area contributed by atoms with Gasteiger partial charge >= 0.3 is 0 Å². The van der Waals surface area contributed by atoms with Crippen molar-refractivity contribution in [2.45, 2.75) is 33.9 Å². The van der Waals surface area contributed by atoms with Crippen molar-refractivity contribution in [2.24, 2.45) is 0 Å². The van der Waals surface area contributed by atoms with E-state index in [4.69, 9.17) is 4.52 Å². The summed E-state index contributed by atoms with van der Waals surface area (Å²) >= 11 is 0. The molecule has 10 nitrogen and oxygen atoms in total. The number of hydrogen-bond donors (Lipinski definition) is 2. The van der Waals surface area contributed by atoms with Crippen LogP contribution in [0.15, 0.2) is 47.0 Å². The van der Waals surface area contributed by atoms with Crippen LogP contribution in [0.25, 0.3) is 11.4 Å². The predicted octanol–water partition coefficient (Wildman–Crippen LogP) is 3.12. The van der Waals surface area contributed by atoms with Gasteiger partial charge in [0.05, 0.1) is 13.1 Å². The predicted molar refractivity (Wildman–Crippen MR) is 156 cm³/mol. The normalized spacial score (nSPS) is 12.2. The van der Waals surface area contributed by atoms with Crippen LogP contribution in [0.2, 0.25) is 0 Å². The Labute approximate surface area is 241 Å². The summed E-state index contributed by atoms with van der Waals surface area (Å²) in [6, 6.07) is 13.9. The lowest BCUT2D eigenvalue weighted by atomic mass is 10.1. The number of rotatable bonds is 11. The van der Waals surface area contributed by atoms with Crippen molar-refractivity contribution in [2.75, 3.05) is 44.7 Å². The van der Waals surface area contributed by atoms with Gasteiger partial charge in [0.1, 0.15) is 0 Å². The number of nitrogens with zero attached hydrogens (tertiary/aromatic N) is 5. The summed E-state index contributed by atoms with van der Waals surface area (Å²) in [7, 11) is 1.79. The van der Waals surface area contributed by atoms with Crippen LogP contribution in [-0.4, -0.2) is 71.7 Å². The molecule has 2 N–H and O–H groups in total. The molecule has 0 atom stereocenters. The highest BCUT2D eigenvalue weighted by atomic mass is 35.5. The van der Waals surface area contributed by atoms with Crippen LogP contribution < -0.4 is 15.5 Å². The number of carbonyl (C=O) groups is 2. The summed E-state index contributed by atoms with van der Waals surface area (Å²) in [6.07, 6.45) is 0. The van der Waals surface area contributed by atoms with Gasteiger partial charge in [0.15, 0.2) is 0 Å². The first-order chi connectivity index (χ1) is 17.9. The van der Waals surface area contributed by atoms with Gasteiger partial charge in [0, 0.05) is 51.4 Å². The molecule has 0 radical (unpaired) electrons. The fourth-order valence-electron chi connectivity index (χ4n) is 4.44. The van der Waals surface area contributed by atoms with Crippen molar-refractivity contribution in [3.63, 3.8) is 0 Å². The molecule has 0 unspecified atom stereocenters. The van der Waals surface area contributed by atoms with Crippen LogP contribution in [-0.2, 0) is 22.7 Å². The average molecular weight is 579 g/mol. The summed E-state index contributed by atoms with van der Waals surface area (Å²) in [5, 5.41) is 13.8. The highest BCUT2D eigenvalue weighted by Gasteiger charge is 2.27. The molecule has 212 valence electrons. The van der Waals surface area contributed by atoms with Crippen LogP contribution >= 0.6 is 24.8 Å². The highest BCUT2D eigenvalue weighted by Crippen LogP contribution is 2.27. The summed E-state index contributed by atoms with van der Waals surface area (Å²) in [4.78, 5) is 32.3. The first-order valence-electron chi connectivity index (χ1n) is 12.6. The van der Waals surface area contributed by atoms with E-state index in [-0.39, 0.29) is 49.7 Å². The lowest BCUT2D eigenvalue weighted by Gasteiger charge is -2.32. The number of halogens is 2. The number of hydrazine groups is 1. The quantitative estimate of drug-likeness (QED) is 0.335. The number of benzene rings is 2. The molecule has 2 amide bonds. The molecule has 0 aliphatic carbocycles. The second-order valence-electron chi connectivity index (χ2n) is 9.21. The zero-order valence-electron chi connectivity index (χ0n) is 22.8. The largest absolute Gasteiger partial charge is 0.353 e. The van der Waals surface area contributed by atoms with Gasteiger partial charge in [0.2, 0.25) is 17.6 Å². The Balaban J connectivity index is 0.00000267. The first-order valence-corrected chi connectivity index (χ1v) is 12.6. The van der Waals surface area contributed by atoms with Crippen molar-refractivity contribution in [1.29, 1.82) is 0 Å². The topological polar surface area (TPSA) is 107 Å². The number of aromatic nitrogens is 2. The molecule has 0 saturated heterocycles. The maximum Gasteiger partial charge on any atom is 0.256 e. The molecule has 4 rings (SSSR count). The first kappa shape index (κ1) is 32.0. The van der Waals surface area contributed by atoms with Crippen LogP contribution in [0.3, 0.4) is 0 Å². The maximum atomic E-state index is 13.4. The second-order valence-corrected chi connectivity index (χ2v) is 9.21. The molecule has 1 aromatic heterocycles. The van der Waals surface area contributed by atoms with Gasteiger partial charge in [-0.25, -0.2) is 5.01 Å². The zero-order chi connectivity index (χ0) is 26.4. The number of hydrogen-bond acceptors (Lipinski definition) is 8. The molecule has 2 heterocycles. The van der Waals surface area contributed by atoms with Crippen molar-refractivity contribution < 1.29 is 14.1 Å². The molecule has 1 aliphatic heterocycles. The van der Waals surface area contributed by atoms with E-state index >= 15 is 0 Å². The third-order valence-electron chi connectivity index (χ3n) is 6.47. The zero-order valence-corrected chi connectivity index (χ0v) is 24.4. The molecule has 0 fully saturated rings. The number of amides is 2. The Morgan fingerprint density at radius 1 is 1.03 bits per heavy atom. The summed E-state index contributed by atoms with van der Waals surface area (Å²) in [6.45, 7) is 9.26. The molecule has 0 saturated carbocycles. The van der Waals surface area contributed by atoms with Crippen LogP contribution in [0.1, 0.15) is 29.5 Å². The van der Waals surface area contributed by atoms with E-state index in [9.17, 15) is 9.59 Å². The maximum absolute atomic E-state index is 13.4. The minimum Gasteiger partial charge on any atom is -0.353 e. The van der Waals surface area contributed by atoms with Gasteiger partial charge in [-0.3, -0.25) is 14.6 Å². The number of nitrogens with one attached hydrogen (secondary N) is 2. The molecule has 0 spiro atoms. The smallest absolute Gasteiger partial charge is 0.256 e. The minimum atomic E-state index is -0.140. The van der Waals surface area contributed by atoms with Crippen LogP contribution in [0.4, 0.5) is 5.69 Å². The molecule has 0 bridgehead atoms. The molecule has 12 heteroatoms. The Hall–Kier alpha value is -3.18. The van der Waals surface area contributed by atoms with Crippen LogP contribution in [0, 0.1) is 13.8 Å². The van der Waals surface area contributed by atoms with Gasteiger partial charge in [-0.15, -0.1) is 24.8 Å². The fourth-order valence-corrected chi connectivity index (χ4v) is 4.44. The number of carbonyl (C=O) groups excluding carboxylic acids is 2. The number of aryl methyl sites for hydroxylation is 2. The van der Waals surface area contributed by atoms with Crippen molar-refractivity contribution in [3.05, 3.63) is 65.0 Å². The van der Waals surface area contributed by atoms with Gasteiger partial charge in [-0.1, -0.05) is 36.3 Å². The number of fused-ring (bicyclic) bond motifs is 1. The SMILES string of the molecule is CCNCCNC(=O)CN(CC(=O)N(C)N1Cc2ccccc2C1)c1ccc(-c2noc(C)n2)cc1C.Cl.Cl. The minimum absolute atomic E-state index is 0. The molecule has 1 aliphatic rings. The lowest BCUT2D eigenvalue weighted by molar-refractivity contribution is -0.145. The van der Waals surface area contributed by atoms with Crippen LogP contribution in [0.5, 0.6) is 0 Å². The fraction of sp³-hybridized carbons (Fsp3) is 0.407. The Morgan fingerprint density at radius 2 is 1.72 bits per heavy atom. The van der Waals surface area contributed by atoms with E-state index in [1.54, 1.807) is 19.0 Å². The van der Waals surface area contributed by atoms with E-state index in [0.29, 0.717) is 37.9 Å². The second kappa shape index (κ2) is 14.8. The molecule has 39 heavy (non-hydrogen) atoms. The summed E-state index contributed by atoms with van der Waals surface area (Å²) in [5.41, 5.74) is 4.97. The van der Waals surface area contributed by atoms with Gasteiger partial charge in [-0.2, -0.15) is 4.98 Å². The van der Waals surface area contributed by atoms with Gasteiger partial charge in [-0.05, 0) is 48.4 Å². The lowest BCUT2D eigenvalue weighted by Crippen LogP contribution is -2.48. The Kier molecular flexibility index (Phi) is 12.2.